The first-order chi connectivity index (χ1) is 9.97. The van der Waals surface area contributed by atoms with Gasteiger partial charge in [-0.25, -0.2) is 9.97 Å². The van der Waals surface area contributed by atoms with Crippen molar-refractivity contribution in [3.63, 3.8) is 0 Å². The summed E-state index contributed by atoms with van der Waals surface area (Å²) >= 11 is 1.65. The van der Waals surface area contributed by atoms with Crippen LogP contribution in [0.25, 0.3) is 10.2 Å². The van der Waals surface area contributed by atoms with Crippen molar-refractivity contribution in [2.75, 3.05) is 18.5 Å². The van der Waals surface area contributed by atoms with Gasteiger partial charge in [0.05, 0.1) is 5.39 Å². The van der Waals surface area contributed by atoms with Crippen LogP contribution in [0.4, 0.5) is 5.82 Å². The van der Waals surface area contributed by atoms with Gasteiger partial charge in [0.25, 0.3) is 0 Å². The van der Waals surface area contributed by atoms with E-state index in [9.17, 15) is 0 Å². The van der Waals surface area contributed by atoms with Gasteiger partial charge in [-0.1, -0.05) is 27.7 Å². The number of anilines is 1. The minimum atomic E-state index is -0.101. The van der Waals surface area contributed by atoms with Gasteiger partial charge in [-0.15, -0.1) is 11.3 Å². The van der Waals surface area contributed by atoms with E-state index in [0.29, 0.717) is 6.61 Å². The van der Waals surface area contributed by atoms with Crippen LogP contribution in [0.5, 0.6) is 0 Å². The lowest BCUT2D eigenvalue weighted by Gasteiger charge is -2.29. The van der Waals surface area contributed by atoms with Gasteiger partial charge in [0.2, 0.25) is 0 Å². The molecule has 0 aromatic carbocycles. The third kappa shape index (κ3) is 3.71. The summed E-state index contributed by atoms with van der Waals surface area (Å²) in [5.41, 5.74) is -0.0387. The highest BCUT2D eigenvalue weighted by atomic mass is 32.1. The zero-order valence-electron chi connectivity index (χ0n) is 13.6. The largest absolute Gasteiger partial charge is 0.370 e. The minimum absolute atomic E-state index is 0.0387. The van der Waals surface area contributed by atoms with Crippen LogP contribution in [0.1, 0.15) is 53.0 Å². The molecule has 0 bridgehead atoms. The molecule has 1 unspecified atom stereocenters. The van der Waals surface area contributed by atoms with Gasteiger partial charge < -0.3 is 10.1 Å². The number of fused-ring (bicyclic) bond motifs is 1. The predicted octanol–water partition coefficient (Wildman–Crippen LogP) is 4.64. The second-order valence-electron chi connectivity index (χ2n) is 6.20. The Kier molecular flexibility index (Phi) is 5.17. The Bertz CT molecular complexity index is 589. The Balaban J connectivity index is 2.47. The second kappa shape index (κ2) is 6.71. The SMILES string of the molecule is CCCNc1nc(C(OCC)C(C)(C)C)nc2sccc12. The van der Waals surface area contributed by atoms with E-state index in [1.165, 1.54) is 0 Å². The molecule has 0 aliphatic carbocycles. The van der Waals surface area contributed by atoms with E-state index in [4.69, 9.17) is 14.7 Å². The number of thiophene rings is 1. The molecule has 0 saturated carbocycles. The van der Waals surface area contributed by atoms with E-state index in [-0.39, 0.29) is 11.5 Å². The third-order valence-electron chi connectivity index (χ3n) is 3.24. The van der Waals surface area contributed by atoms with Crippen molar-refractivity contribution in [3.05, 3.63) is 17.3 Å². The summed E-state index contributed by atoms with van der Waals surface area (Å²) in [4.78, 5) is 10.5. The summed E-state index contributed by atoms with van der Waals surface area (Å²) in [7, 11) is 0. The van der Waals surface area contributed by atoms with Crippen molar-refractivity contribution in [1.82, 2.24) is 9.97 Å². The van der Waals surface area contributed by atoms with Gasteiger partial charge in [-0.2, -0.15) is 0 Å². The fraction of sp³-hybridized carbons (Fsp3) is 0.625. The normalized spacial score (nSPS) is 13.6. The number of nitrogens with one attached hydrogen (secondary N) is 1. The summed E-state index contributed by atoms with van der Waals surface area (Å²) in [5, 5.41) is 6.57. The molecule has 1 atom stereocenters. The van der Waals surface area contributed by atoms with Gasteiger partial charge >= 0.3 is 0 Å². The molecular formula is C16H25N3OS. The van der Waals surface area contributed by atoms with Crippen LogP contribution in [-0.2, 0) is 4.74 Å². The molecule has 0 spiro atoms. The lowest BCUT2D eigenvalue weighted by atomic mass is 9.88. The Morgan fingerprint density at radius 2 is 2.05 bits per heavy atom. The van der Waals surface area contributed by atoms with Crippen LogP contribution in [0, 0.1) is 5.41 Å². The average molecular weight is 307 g/mol. The molecule has 0 aliphatic heterocycles. The summed E-state index contributed by atoms with van der Waals surface area (Å²) in [6.07, 6.45) is 0.968. The van der Waals surface area contributed by atoms with Crippen molar-refractivity contribution >= 4 is 27.4 Å². The van der Waals surface area contributed by atoms with Gasteiger partial charge in [-0.3, -0.25) is 0 Å². The van der Waals surface area contributed by atoms with Crippen molar-refractivity contribution in [2.24, 2.45) is 5.41 Å². The Labute approximate surface area is 131 Å². The highest BCUT2D eigenvalue weighted by Gasteiger charge is 2.30. The first-order valence-corrected chi connectivity index (χ1v) is 8.46. The Morgan fingerprint density at radius 3 is 2.67 bits per heavy atom. The molecule has 2 rings (SSSR count). The van der Waals surface area contributed by atoms with Crippen molar-refractivity contribution in [2.45, 2.75) is 47.1 Å². The molecule has 1 N–H and O–H groups in total. The molecule has 0 aliphatic rings. The van der Waals surface area contributed by atoms with E-state index in [2.05, 4.69) is 44.5 Å². The highest BCUT2D eigenvalue weighted by Crippen LogP contribution is 2.36. The zero-order valence-corrected chi connectivity index (χ0v) is 14.4. The average Bonchev–Trinajstić information content (AvgIpc) is 2.89. The van der Waals surface area contributed by atoms with Crippen molar-refractivity contribution in [3.8, 4) is 0 Å². The molecular weight excluding hydrogens is 282 g/mol. The first kappa shape index (κ1) is 16.2. The molecule has 0 radical (unpaired) electrons. The lowest BCUT2D eigenvalue weighted by molar-refractivity contribution is -0.0187. The Hall–Kier alpha value is -1.20. The monoisotopic (exact) mass is 307 g/mol. The molecule has 5 heteroatoms. The van der Waals surface area contributed by atoms with E-state index in [0.717, 1.165) is 34.8 Å². The summed E-state index contributed by atoms with van der Waals surface area (Å²) in [6.45, 7) is 12.2. The highest BCUT2D eigenvalue weighted by molar-refractivity contribution is 7.16. The quantitative estimate of drug-likeness (QED) is 0.844. The molecule has 2 aromatic rings. The molecule has 2 heterocycles. The van der Waals surface area contributed by atoms with Gasteiger partial charge in [0, 0.05) is 13.2 Å². The molecule has 4 nitrogen and oxygen atoms in total. The number of hydrogen-bond acceptors (Lipinski definition) is 5. The first-order valence-electron chi connectivity index (χ1n) is 7.58. The van der Waals surface area contributed by atoms with Crippen molar-refractivity contribution < 1.29 is 4.74 Å². The van der Waals surface area contributed by atoms with Gasteiger partial charge in [-0.05, 0) is 30.2 Å². The topological polar surface area (TPSA) is 47.0 Å². The number of rotatable bonds is 6. The maximum Gasteiger partial charge on any atom is 0.161 e. The molecule has 116 valence electrons. The van der Waals surface area contributed by atoms with E-state index in [1.54, 1.807) is 11.3 Å². The summed E-state index contributed by atoms with van der Waals surface area (Å²) in [6, 6.07) is 2.08. The van der Waals surface area contributed by atoms with Crippen LogP contribution in [0.3, 0.4) is 0 Å². The van der Waals surface area contributed by atoms with Crippen LogP contribution in [0.15, 0.2) is 11.4 Å². The maximum absolute atomic E-state index is 5.93. The van der Waals surface area contributed by atoms with E-state index < -0.39 is 0 Å². The minimum Gasteiger partial charge on any atom is -0.370 e. The fourth-order valence-corrected chi connectivity index (χ4v) is 3.02. The molecule has 0 amide bonds. The standard InChI is InChI=1S/C16H25N3OS/c1-6-9-17-13-11-8-10-21-15(11)19-14(18-13)12(20-7-2)16(3,4)5/h8,10,12H,6-7,9H2,1-5H3,(H,17,18,19). The summed E-state index contributed by atoms with van der Waals surface area (Å²) < 4.78 is 5.93. The van der Waals surface area contributed by atoms with Crippen LogP contribution < -0.4 is 5.32 Å². The van der Waals surface area contributed by atoms with Crippen molar-refractivity contribution in [1.29, 1.82) is 0 Å². The molecule has 21 heavy (non-hydrogen) atoms. The smallest absolute Gasteiger partial charge is 0.161 e. The predicted molar refractivity (Wildman–Crippen MR) is 90.0 cm³/mol. The number of nitrogens with zero attached hydrogens (tertiary/aromatic N) is 2. The number of ether oxygens (including phenoxy) is 1. The van der Waals surface area contributed by atoms with Gasteiger partial charge in [0.15, 0.2) is 5.82 Å². The molecule has 2 aromatic heterocycles. The molecule has 0 saturated heterocycles. The van der Waals surface area contributed by atoms with E-state index in [1.807, 2.05) is 6.92 Å². The Morgan fingerprint density at radius 1 is 1.29 bits per heavy atom. The third-order valence-corrected chi connectivity index (χ3v) is 4.05. The maximum atomic E-state index is 5.93. The second-order valence-corrected chi connectivity index (χ2v) is 7.09. The lowest BCUT2D eigenvalue weighted by Crippen LogP contribution is -2.24. The summed E-state index contributed by atoms with van der Waals surface area (Å²) in [5.74, 6) is 1.70. The molecule has 0 fully saturated rings. The van der Waals surface area contributed by atoms with Crippen LogP contribution in [0.2, 0.25) is 0 Å². The van der Waals surface area contributed by atoms with E-state index >= 15 is 0 Å². The fourth-order valence-electron chi connectivity index (χ4n) is 2.25. The van der Waals surface area contributed by atoms with Gasteiger partial charge in [0.1, 0.15) is 16.8 Å². The number of aromatic nitrogens is 2. The van der Waals surface area contributed by atoms with Crippen LogP contribution in [-0.4, -0.2) is 23.1 Å². The number of hydrogen-bond donors (Lipinski definition) is 1. The van der Waals surface area contributed by atoms with Crippen LogP contribution >= 0.6 is 11.3 Å². The zero-order chi connectivity index (χ0) is 15.5.